The molecule has 0 bridgehead atoms. The minimum Gasteiger partial charge on any atom is -0.505 e. The molecule has 41 heavy (non-hydrogen) atoms. The second-order valence-electron chi connectivity index (χ2n) is 10.8. The summed E-state index contributed by atoms with van der Waals surface area (Å²) in [6.45, 7) is 5.29. The van der Waals surface area contributed by atoms with Crippen molar-refractivity contribution in [1.82, 2.24) is 9.62 Å². The van der Waals surface area contributed by atoms with Crippen LogP contribution < -0.4 is 16.8 Å². The lowest BCUT2D eigenvalue weighted by molar-refractivity contribution is 0.0776. The Morgan fingerprint density at radius 1 is 1.10 bits per heavy atom. The van der Waals surface area contributed by atoms with Gasteiger partial charge in [-0.05, 0) is 49.1 Å². The number of carbonyl (C=O) groups is 1. The highest BCUT2D eigenvalue weighted by atomic mass is 32.2. The Balaban J connectivity index is 1.61. The van der Waals surface area contributed by atoms with E-state index in [1.807, 2.05) is 44.2 Å². The predicted octanol–water partition coefficient (Wildman–Crippen LogP) is 2.74. The summed E-state index contributed by atoms with van der Waals surface area (Å²) >= 11 is 0. The van der Waals surface area contributed by atoms with Crippen molar-refractivity contribution in [2.45, 2.75) is 45.8 Å². The summed E-state index contributed by atoms with van der Waals surface area (Å²) in [6, 6.07) is 11.4. The first-order valence-electron chi connectivity index (χ1n) is 13.4. The van der Waals surface area contributed by atoms with Crippen LogP contribution in [-0.2, 0) is 16.4 Å². The topological polar surface area (TPSA) is 171 Å². The number of aliphatic hydroxyl groups is 1. The number of phenols is 1. The first-order chi connectivity index (χ1) is 19.4. The fourth-order valence-corrected chi connectivity index (χ4v) is 6.64. The van der Waals surface area contributed by atoms with Gasteiger partial charge in [-0.3, -0.25) is 4.79 Å². The van der Waals surface area contributed by atoms with Crippen molar-refractivity contribution in [3.8, 4) is 5.75 Å². The minimum absolute atomic E-state index is 0.0315. The van der Waals surface area contributed by atoms with Crippen molar-refractivity contribution in [2.24, 2.45) is 16.6 Å². The van der Waals surface area contributed by atoms with E-state index in [0.29, 0.717) is 17.1 Å². The Kier molecular flexibility index (Phi) is 9.01. The molecule has 1 heterocycles. The minimum atomic E-state index is -3.99. The molecule has 0 aromatic heterocycles. The summed E-state index contributed by atoms with van der Waals surface area (Å²) in [6.07, 6.45) is 4.02. The summed E-state index contributed by atoms with van der Waals surface area (Å²) in [5.74, 6) is -0.408. The number of allylic oxidation sites excluding steroid dienone is 5. The van der Waals surface area contributed by atoms with Crippen LogP contribution in [0.5, 0.6) is 5.75 Å². The average Bonchev–Trinajstić information content (AvgIpc) is 3.30. The molecule has 2 aromatic rings. The first-order valence-corrected chi connectivity index (χ1v) is 14.9. The van der Waals surface area contributed by atoms with Gasteiger partial charge in [-0.15, -0.1) is 0 Å². The number of nitrogen functional groups attached to an aromatic ring is 1. The lowest BCUT2D eigenvalue weighted by Gasteiger charge is -2.31. The standard InChI is InChI=1S/C30H37N5O5S/c1-18(2)16-35(41(39,40)22-10-9-21-14-28(32)33-25(21)15-22)17-27(36)26(13-20-7-5-4-6-8-20)34-30(38)23-11-12-24(31)29(37)19(23)3/h4-12,14,18,26-27,36-37H,13,15-17,31-32H2,1-3H3,(H,34,38). The van der Waals surface area contributed by atoms with E-state index in [2.05, 4.69) is 10.3 Å². The number of hydrogen-bond donors (Lipinski definition) is 5. The SMILES string of the molecule is Cc1c(C(=O)NC(Cc2ccccc2)C(O)CN(CC(C)C)S(=O)(=O)C2=CC=C3C=C(N)N=C3C2)ccc(N)c1O. The second kappa shape index (κ2) is 12.3. The van der Waals surface area contributed by atoms with Gasteiger partial charge in [0.15, 0.2) is 0 Å². The van der Waals surface area contributed by atoms with Gasteiger partial charge in [-0.1, -0.05) is 50.3 Å². The summed E-state index contributed by atoms with van der Waals surface area (Å²) in [5, 5.41) is 24.6. The maximum atomic E-state index is 13.9. The van der Waals surface area contributed by atoms with E-state index in [-0.39, 0.29) is 53.8 Å². The van der Waals surface area contributed by atoms with E-state index in [9.17, 15) is 23.4 Å². The highest BCUT2D eigenvalue weighted by Crippen LogP contribution is 2.29. The summed E-state index contributed by atoms with van der Waals surface area (Å²) < 4.78 is 29.0. The average molecular weight is 580 g/mol. The smallest absolute Gasteiger partial charge is 0.252 e. The van der Waals surface area contributed by atoms with Crippen LogP contribution in [0, 0.1) is 12.8 Å². The van der Waals surface area contributed by atoms with Crippen molar-refractivity contribution in [2.75, 3.05) is 18.8 Å². The molecule has 0 saturated carbocycles. The molecule has 2 unspecified atom stereocenters. The number of aromatic hydroxyl groups is 1. The maximum absolute atomic E-state index is 13.9. The molecule has 0 radical (unpaired) electrons. The van der Waals surface area contributed by atoms with Gasteiger partial charge in [-0.2, -0.15) is 4.31 Å². The van der Waals surface area contributed by atoms with Crippen molar-refractivity contribution in [1.29, 1.82) is 0 Å². The van der Waals surface area contributed by atoms with Crippen LogP contribution in [0.2, 0.25) is 0 Å². The zero-order valence-electron chi connectivity index (χ0n) is 23.4. The molecule has 1 aliphatic heterocycles. The molecule has 218 valence electrons. The van der Waals surface area contributed by atoms with E-state index in [1.54, 1.807) is 25.2 Å². The van der Waals surface area contributed by atoms with Crippen LogP contribution in [0.1, 0.15) is 41.8 Å². The van der Waals surface area contributed by atoms with Gasteiger partial charge in [0.1, 0.15) is 11.6 Å². The van der Waals surface area contributed by atoms with Crippen LogP contribution in [0.25, 0.3) is 0 Å². The molecule has 2 atom stereocenters. The Hall–Kier alpha value is -3.93. The number of benzene rings is 2. The molecule has 2 aliphatic rings. The Labute approximate surface area is 240 Å². The summed E-state index contributed by atoms with van der Waals surface area (Å²) in [5.41, 5.74) is 14.5. The predicted molar refractivity (Wildman–Crippen MR) is 160 cm³/mol. The number of aliphatic hydroxyl groups excluding tert-OH is 1. The van der Waals surface area contributed by atoms with E-state index in [1.165, 1.54) is 16.4 Å². The van der Waals surface area contributed by atoms with E-state index in [4.69, 9.17) is 11.5 Å². The number of sulfonamides is 1. The van der Waals surface area contributed by atoms with Gasteiger partial charge in [0, 0.05) is 36.2 Å². The van der Waals surface area contributed by atoms with Crippen LogP contribution in [0.15, 0.2) is 82.0 Å². The molecule has 7 N–H and O–H groups in total. The number of amides is 1. The van der Waals surface area contributed by atoms with Gasteiger partial charge in [0.05, 0.1) is 28.5 Å². The molecule has 10 nitrogen and oxygen atoms in total. The summed E-state index contributed by atoms with van der Waals surface area (Å²) in [7, 11) is -3.99. The molecule has 0 saturated heterocycles. The van der Waals surface area contributed by atoms with Crippen molar-refractivity contribution >= 4 is 27.3 Å². The maximum Gasteiger partial charge on any atom is 0.252 e. The zero-order chi connectivity index (χ0) is 29.9. The molecule has 11 heteroatoms. The third-order valence-corrected chi connectivity index (χ3v) is 9.03. The quantitative estimate of drug-likeness (QED) is 0.201. The second-order valence-corrected chi connectivity index (χ2v) is 12.8. The monoisotopic (exact) mass is 579 g/mol. The number of nitrogens with zero attached hydrogens (tertiary/aromatic N) is 2. The molecule has 4 rings (SSSR count). The zero-order valence-corrected chi connectivity index (χ0v) is 24.2. The molecule has 0 fully saturated rings. The van der Waals surface area contributed by atoms with Crippen LogP contribution >= 0.6 is 0 Å². The fraction of sp³-hybridized carbons (Fsp3) is 0.333. The van der Waals surface area contributed by atoms with Crippen molar-refractivity contribution in [3.63, 3.8) is 0 Å². The first kappa shape index (κ1) is 30.0. The fourth-order valence-electron chi connectivity index (χ4n) is 4.91. The van der Waals surface area contributed by atoms with Gasteiger partial charge in [0.25, 0.3) is 5.91 Å². The van der Waals surface area contributed by atoms with E-state index < -0.39 is 28.1 Å². The third kappa shape index (κ3) is 6.87. The Bertz CT molecular complexity index is 1540. The number of rotatable bonds is 11. The number of hydrogen-bond acceptors (Lipinski definition) is 8. The number of phenolic OH excluding ortho intramolecular Hbond substituents is 1. The van der Waals surface area contributed by atoms with Crippen LogP contribution in [0.3, 0.4) is 0 Å². The summed E-state index contributed by atoms with van der Waals surface area (Å²) in [4.78, 5) is 17.7. The van der Waals surface area contributed by atoms with Gasteiger partial charge < -0.3 is 27.0 Å². The molecule has 1 aliphatic carbocycles. The van der Waals surface area contributed by atoms with Crippen molar-refractivity contribution < 1.29 is 23.4 Å². The lowest BCUT2D eigenvalue weighted by Crippen LogP contribution is -2.51. The Morgan fingerprint density at radius 3 is 2.49 bits per heavy atom. The van der Waals surface area contributed by atoms with Gasteiger partial charge in [0.2, 0.25) is 10.0 Å². The third-order valence-electron chi connectivity index (χ3n) is 7.11. The lowest BCUT2D eigenvalue weighted by atomic mass is 9.99. The van der Waals surface area contributed by atoms with E-state index >= 15 is 0 Å². The Morgan fingerprint density at radius 2 is 1.80 bits per heavy atom. The number of carbonyl (C=O) groups excluding carboxylic acids is 1. The van der Waals surface area contributed by atoms with Crippen LogP contribution in [0.4, 0.5) is 5.69 Å². The number of fused-ring (bicyclic) bond motifs is 1. The molecule has 0 spiro atoms. The normalized spacial score (nSPS) is 16.4. The highest BCUT2D eigenvalue weighted by molar-refractivity contribution is 7.93. The highest BCUT2D eigenvalue weighted by Gasteiger charge is 2.34. The molecule has 1 amide bonds. The largest absolute Gasteiger partial charge is 0.505 e. The van der Waals surface area contributed by atoms with Crippen LogP contribution in [-0.4, -0.2) is 59.8 Å². The molecular formula is C30H37N5O5S. The van der Waals surface area contributed by atoms with Gasteiger partial charge >= 0.3 is 0 Å². The van der Waals surface area contributed by atoms with E-state index in [0.717, 1.165) is 11.1 Å². The number of aliphatic imine (C=N–C) groups is 1. The molecule has 2 aromatic carbocycles. The van der Waals surface area contributed by atoms with Gasteiger partial charge in [-0.25, -0.2) is 13.4 Å². The number of nitrogens with two attached hydrogens (primary N) is 2. The van der Waals surface area contributed by atoms with Crippen molar-refractivity contribution in [3.05, 3.63) is 93.7 Å². The number of anilines is 1. The molecular weight excluding hydrogens is 542 g/mol. The number of nitrogens with one attached hydrogen (secondary N) is 1.